The largest absolute Gasteiger partial charge is 0.396 e. The molecule has 0 saturated carbocycles. The molecule has 0 rings (SSSR count). The number of aliphatic hydroxyl groups excluding tert-OH is 3. The first-order valence-electron chi connectivity index (χ1n) is 4.66. The van der Waals surface area contributed by atoms with Crippen LogP contribution in [-0.4, -0.2) is 65.8 Å². The Morgan fingerprint density at radius 2 is 1.77 bits per heavy atom. The van der Waals surface area contributed by atoms with Gasteiger partial charge in [-0.05, 0) is 6.92 Å². The van der Waals surface area contributed by atoms with Gasteiger partial charge >= 0.3 is 0 Å². The van der Waals surface area contributed by atoms with Crippen molar-refractivity contribution in [2.75, 3.05) is 33.9 Å². The minimum Gasteiger partial charge on any atom is -0.396 e. The van der Waals surface area contributed by atoms with E-state index in [2.05, 4.69) is 0 Å². The van der Waals surface area contributed by atoms with Gasteiger partial charge in [0.15, 0.2) is 0 Å². The number of rotatable bonds is 6. The summed E-state index contributed by atoms with van der Waals surface area (Å²) >= 11 is 0. The van der Waals surface area contributed by atoms with Crippen LogP contribution in [0.15, 0.2) is 0 Å². The molecule has 0 bridgehead atoms. The SMILES string of the molecule is CC(CCO)[N+](C)(C)CC(O)CO. The second-order valence-electron chi connectivity index (χ2n) is 4.16. The zero-order chi connectivity index (χ0) is 10.5. The van der Waals surface area contributed by atoms with Crippen LogP contribution >= 0.6 is 0 Å². The third-order valence-corrected chi connectivity index (χ3v) is 2.63. The maximum absolute atomic E-state index is 9.28. The zero-order valence-electron chi connectivity index (χ0n) is 8.77. The second-order valence-corrected chi connectivity index (χ2v) is 4.16. The summed E-state index contributed by atoms with van der Waals surface area (Å²) in [6.45, 7) is 2.50. The van der Waals surface area contributed by atoms with Gasteiger partial charge in [0, 0.05) is 13.0 Å². The first-order valence-corrected chi connectivity index (χ1v) is 4.66. The Morgan fingerprint density at radius 1 is 1.23 bits per heavy atom. The Balaban J connectivity index is 4.04. The van der Waals surface area contributed by atoms with E-state index in [4.69, 9.17) is 10.2 Å². The summed E-state index contributed by atoms with van der Waals surface area (Å²) in [5, 5.41) is 26.8. The average Bonchev–Trinajstić information content (AvgIpc) is 2.04. The highest BCUT2D eigenvalue weighted by molar-refractivity contribution is 4.55. The maximum Gasteiger partial charge on any atom is 0.126 e. The molecule has 0 aliphatic carbocycles. The third kappa shape index (κ3) is 4.57. The molecule has 2 unspecified atom stereocenters. The molecule has 4 heteroatoms. The van der Waals surface area contributed by atoms with E-state index in [0.29, 0.717) is 17.4 Å². The summed E-state index contributed by atoms with van der Waals surface area (Å²) in [6, 6.07) is 0.284. The Hall–Kier alpha value is -0.160. The van der Waals surface area contributed by atoms with E-state index in [0.717, 1.165) is 0 Å². The molecule has 4 nitrogen and oxygen atoms in total. The van der Waals surface area contributed by atoms with Crippen molar-refractivity contribution in [3.63, 3.8) is 0 Å². The number of aliphatic hydroxyl groups is 3. The van der Waals surface area contributed by atoms with Crippen molar-refractivity contribution in [1.82, 2.24) is 0 Å². The van der Waals surface area contributed by atoms with E-state index in [1.165, 1.54) is 0 Å². The van der Waals surface area contributed by atoms with E-state index in [1.807, 2.05) is 21.0 Å². The summed E-state index contributed by atoms with van der Waals surface area (Å²) < 4.78 is 0.613. The Kier molecular flexibility index (Phi) is 5.48. The van der Waals surface area contributed by atoms with Crippen LogP contribution in [0.25, 0.3) is 0 Å². The lowest BCUT2D eigenvalue weighted by molar-refractivity contribution is -0.916. The highest BCUT2D eigenvalue weighted by Crippen LogP contribution is 2.10. The average molecular weight is 192 g/mol. The van der Waals surface area contributed by atoms with Gasteiger partial charge in [0.05, 0.1) is 26.7 Å². The van der Waals surface area contributed by atoms with Gasteiger partial charge in [-0.25, -0.2) is 0 Å². The van der Waals surface area contributed by atoms with Crippen LogP contribution in [0.2, 0.25) is 0 Å². The summed E-state index contributed by atoms with van der Waals surface area (Å²) in [4.78, 5) is 0. The van der Waals surface area contributed by atoms with Gasteiger partial charge in [-0.1, -0.05) is 0 Å². The topological polar surface area (TPSA) is 60.7 Å². The monoisotopic (exact) mass is 192 g/mol. The number of hydrogen-bond donors (Lipinski definition) is 3. The fourth-order valence-electron chi connectivity index (χ4n) is 1.32. The number of nitrogens with zero attached hydrogens (tertiary/aromatic N) is 1. The number of likely N-dealkylation sites (N-methyl/N-ethyl adjacent to an activating group) is 1. The molecule has 0 fully saturated rings. The van der Waals surface area contributed by atoms with Gasteiger partial charge < -0.3 is 19.8 Å². The van der Waals surface area contributed by atoms with E-state index >= 15 is 0 Å². The molecule has 3 N–H and O–H groups in total. The predicted octanol–water partition coefficient (Wildman–Crippen LogP) is -0.813. The molecular formula is C9H22NO3+. The molecule has 0 aliphatic rings. The molecule has 0 spiro atoms. The smallest absolute Gasteiger partial charge is 0.126 e. The van der Waals surface area contributed by atoms with Crippen LogP contribution in [0.1, 0.15) is 13.3 Å². The standard InChI is InChI=1S/C9H22NO3/c1-8(4-5-11)10(2,3)6-9(13)7-12/h8-9,11-13H,4-7H2,1-3H3/q+1. The van der Waals surface area contributed by atoms with E-state index in [9.17, 15) is 5.11 Å². The normalized spacial score (nSPS) is 17.1. The third-order valence-electron chi connectivity index (χ3n) is 2.63. The molecule has 0 aromatic carbocycles. The maximum atomic E-state index is 9.28. The van der Waals surface area contributed by atoms with Crippen molar-refractivity contribution in [1.29, 1.82) is 0 Å². The molecule has 0 aromatic rings. The van der Waals surface area contributed by atoms with Crippen molar-refractivity contribution in [2.24, 2.45) is 0 Å². The molecule has 13 heavy (non-hydrogen) atoms. The second kappa shape index (κ2) is 5.54. The Labute approximate surface area is 80.0 Å². The van der Waals surface area contributed by atoms with Gasteiger partial charge in [-0.2, -0.15) is 0 Å². The van der Waals surface area contributed by atoms with Crippen molar-refractivity contribution < 1.29 is 19.8 Å². The summed E-state index contributed by atoms with van der Waals surface area (Å²) in [5.74, 6) is 0. The quantitative estimate of drug-likeness (QED) is 0.482. The lowest BCUT2D eigenvalue weighted by Crippen LogP contribution is -2.52. The summed E-state index contributed by atoms with van der Waals surface area (Å²) in [7, 11) is 3.97. The first-order chi connectivity index (χ1) is 5.94. The Morgan fingerprint density at radius 3 is 2.15 bits per heavy atom. The van der Waals surface area contributed by atoms with Gasteiger partial charge in [0.2, 0.25) is 0 Å². The van der Waals surface area contributed by atoms with Crippen molar-refractivity contribution in [3.05, 3.63) is 0 Å². The minimum absolute atomic E-state index is 0.165. The zero-order valence-corrected chi connectivity index (χ0v) is 8.77. The number of hydrogen-bond acceptors (Lipinski definition) is 3. The first kappa shape index (κ1) is 12.8. The van der Waals surface area contributed by atoms with E-state index < -0.39 is 6.10 Å². The molecule has 0 radical (unpaired) electrons. The van der Waals surface area contributed by atoms with Crippen molar-refractivity contribution in [2.45, 2.75) is 25.5 Å². The fourth-order valence-corrected chi connectivity index (χ4v) is 1.32. The van der Waals surface area contributed by atoms with Gasteiger partial charge in [0.25, 0.3) is 0 Å². The van der Waals surface area contributed by atoms with Gasteiger partial charge in [0.1, 0.15) is 12.6 Å². The molecule has 0 amide bonds. The molecule has 80 valence electrons. The lowest BCUT2D eigenvalue weighted by atomic mass is 10.1. The fraction of sp³-hybridized carbons (Fsp3) is 1.00. The van der Waals surface area contributed by atoms with Gasteiger partial charge in [-0.3, -0.25) is 0 Å². The van der Waals surface area contributed by atoms with Crippen LogP contribution < -0.4 is 0 Å². The van der Waals surface area contributed by atoms with Crippen LogP contribution in [-0.2, 0) is 0 Å². The summed E-state index contributed by atoms with van der Waals surface area (Å²) in [5.41, 5.74) is 0. The number of quaternary nitrogens is 1. The molecule has 0 aliphatic heterocycles. The molecular weight excluding hydrogens is 170 g/mol. The van der Waals surface area contributed by atoms with Crippen LogP contribution in [0.4, 0.5) is 0 Å². The molecule has 0 heterocycles. The highest BCUT2D eigenvalue weighted by Gasteiger charge is 2.26. The van der Waals surface area contributed by atoms with Crippen LogP contribution in [0, 0.1) is 0 Å². The van der Waals surface area contributed by atoms with Crippen molar-refractivity contribution >= 4 is 0 Å². The Bertz CT molecular complexity index is 139. The van der Waals surface area contributed by atoms with E-state index in [-0.39, 0.29) is 19.3 Å². The van der Waals surface area contributed by atoms with E-state index in [1.54, 1.807) is 0 Å². The summed E-state index contributed by atoms with van der Waals surface area (Å²) in [6.07, 6.45) is 0.0432. The predicted molar refractivity (Wildman–Crippen MR) is 51.2 cm³/mol. The minimum atomic E-state index is -0.670. The van der Waals surface area contributed by atoms with Crippen molar-refractivity contribution in [3.8, 4) is 0 Å². The molecule has 0 aromatic heterocycles. The lowest BCUT2D eigenvalue weighted by Gasteiger charge is -2.37. The molecule has 0 saturated heterocycles. The van der Waals surface area contributed by atoms with Crippen LogP contribution in [0.5, 0.6) is 0 Å². The van der Waals surface area contributed by atoms with Crippen LogP contribution in [0.3, 0.4) is 0 Å². The van der Waals surface area contributed by atoms with Gasteiger partial charge in [-0.15, -0.1) is 0 Å². The molecule has 2 atom stereocenters. The highest BCUT2D eigenvalue weighted by atomic mass is 16.3.